The zero-order chi connectivity index (χ0) is 20.7. The van der Waals surface area contributed by atoms with Crippen LogP contribution >= 0.6 is 0 Å². The molecule has 154 valence electrons. The summed E-state index contributed by atoms with van der Waals surface area (Å²) in [4.78, 5) is 42.7. The minimum atomic E-state index is -0.586. The van der Waals surface area contributed by atoms with Crippen LogP contribution in [0.2, 0.25) is 0 Å². The quantitative estimate of drug-likeness (QED) is 0.624. The maximum atomic E-state index is 13.0. The second-order valence-electron chi connectivity index (χ2n) is 8.15. The summed E-state index contributed by atoms with van der Waals surface area (Å²) in [6.07, 6.45) is 2.43. The van der Waals surface area contributed by atoms with E-state index in [9.17, 15) is 14.4 Å². The van der Waals surface area contributed by atoms with E-state index in [-0.39, 0.29) is 29.7 Å². The molecule has 0 spiro atoms. The van der Waals surface area contributed by atoms with E-state index in [2.05, 4.69) is 20.9 Å². The van der Waals surface area contributed by atoms with Crippen LogP contribution in [0.4, 0.5) is 0 Å². The Morgan fingerprint density at radius 3 is 2.73 bits per heavy atom. The number of piperidine rings is 1. The third-order valence-electron chi connectivity index (χ3n) is 6.23. The molecule has 0 aliphatic carbocycles. The third kappa shape index (κ3) is 3.18. The summed E-state index contributed by atoms with van der Waals surface area (Å²) in [6.45, 7) is 2.61. The lowest BCUT2D eigenvalue weighted by Crippen LogP contribution is -2.65. The van der Waals surface area contributed by atoms with Crippen molar-refractivity contribution < 1.29 is 14.4 Å². The van der Waals surface area contributed by atoms with Crippen LogP contribution < -0.4 is 16.0 Å². The van der Waals surface area contributed by atoms with Crippen molar-refractivity contribution >= 4 is 17.7 Å². The molecule has 3 N–H and O–H groups in total. The van der Waals surface area contributed by atoms with Gasteiger partial charge in [-0.25, -0.2) is 0 Å². The number of amides is 3. The highest BCUT2D eigenvalue weighted by Crippen LogP contribution is 2.29. The normalized spacial score (nSPS) is 22.5. The molecule has 2 fully saturated rings. The smallest absolute Gasteiger partial charge is 0.255 e. The van der Waals surface area contributed by atoms with Gasteiger partial charge in [0.05, 0.1) is 11.2 Å². The fourth-order valence-corrected chi connectivity index (χ4v) is 4.40. The Balaban J connectivity index is 1.31. The third-order valence-corrected chi connectivity index (χ3v) is 6.23. The number of hydrogen-bond acceptors (Lipinski definition) is 6. The first-order valence-corrected chi connectivity index (χ1v) is 10.2. The molecule has 3 aliphatic rings. The molecule has 0 saturated carbocycles. The minimum Gasteiger partial charge on any atom is -0.322 e. The van der Waals surface area contributed by atoms with Gasteiger partial charge >= 0.3 is 0 Å². The summed E-state index contributed by atoms with van der Waals surface area (Å²) in [5.74, 6) is -0.809. The van der Waals surface area contributed by atoms with Crippen LogP contribution in [0.1, 0.15) is 40.0 Å². The van der Waals surface area contributed by atoms with Crippen molar-refractivity contribution in [2.45, 2.75) is 37.5 Å². The minimum absolute atomic E-state index is 0.147. The Bertz CT molecular complexity index is 1020. The van der Waals surface area contributed by atoms with Crippen molar-refractivity contribution in [3.8, 4) is 0 Å². The Morgan fingerprint density at radius 2 is 2.03 bits per heavy atom. The number of carbonyl (C=O) groups is 3. The van der Waals surface area contributed by atoms with Gasteiger partial charge in [-0.1, -0.05) is 18.2 Å². The topological polar surface area (TPSA) is 103 Å². The summed E-state index contributed by atoms with van der Waals surface area (Å²) in [7, 11) is 0. The van der Waals surface area contributed by atoms with Crippen molar-refractivity contribution in [3.63, 3.8) is 0 Å². The van der Waals surface area contributed by atoms with Crippen LogP contribution in [-0.2, 0) is 28.2 Å². The van der Waals surface area contributed by atoms with E-state index in [1.54, 1.807) is 11.1 Å². The molecule has 1 aromatic carbocycles. The van der Waals surface area contributed by atoms with E-state index < -0.39 is 6.04 Å². The molecule has 2 saturated heterocycles. The number of nitrogens with one attached hydrogen (secondary N) is 3. The first kappa shape index (κ1) is 18.9. The molecule has 8 nitrogen and oxygen atoms in total. The average molecular weight is 405 g/mol. The Hall–Kier alpha value is -3.10. The highest BCUT2D eigenvalue weighted by atomic mass is 16.2. The largest absolute Gasteiger partial charge is 0.322 e. The molecule has 0 radical (unpaired) electrons. The molecule has 4 heterocycles. The first-order valence-electron chi connectivity index (χ1n) is 10.2. The molecule has 3 aliphatic heterocycles. The monoisotopic (exact) mass is 405 g/mol. The maximum absolute atomic E-state index is 13.0. The number of benzene rings is 1. The summed E-state index contributed by atoms with van der Waals surface area (Å²) in [6, 6.07) is 11.2. The highest BCUT2D eigenvalue weighted by Gasteiger charge is 2.40. The second-order valence-corrected chi connectivity index (χ2v) is 8.15. The summed E-state index contributed by atoms with van der Waals surface area (Å²) >= 11 is 0. The Labute approximate surface area is 174 Å². The van der Waals surface area contributed by atoms with Crippen molar-refractivity contribution in [3.05, 3.63) is 65.0 Å². The fourth-order valence-electron chi connectivity index (χ4n) is 4.40. The van der Waals surface area contributed by atoms with Gasteiger partial charge in [0.15, 0.2) is 0 Å². The van der Waals surface area contributed by atoms with Crippen LogP contribution in [0.15, 0.2) is 42.6 Å². The molecule has 30 heavy (non-hydrogen) atoms. The highest BCUT2D eigenvalue weighted by molar-refractivity contribution is 6.05. The SMILES string of the molecule is O=C1CCC(N2Cc3ccc(CNC4(c5ccccn5)CNC4)cc3C2=O)C(=O)N1. The van der Waals surface area contributed by atoms with E-state index in [0.717, 1.165) is 29.9 Å². The van der Waals surface area contributed by atoms with Crippen molar-refractivity contribution in [1.29, 1.82) is 0 Å². The van der Waals surface area contributed by atoms with Crippen molar-refractivity contribution in [1.82, 2.24) is 25.8 Å². The number of rotatable bonds is 5. The van der Waals surface area contributed by atoms with E-state index in [0.29, 0.717) is 25.1 Å². The van der Waals surface area contributed by atoms with Crippen LogP contribution in [0.5, 0.6) is 0 Å². The fraction of sp³-hybridized carbons (Fsp3) is 0.364. The van der Waals surface area contributed by atoms with Gasteiger partial charge in [-0.15, -0.1) is 0 Å². The Kier molecular flexibility index (Phi) is 4.60. The number of nitrogens with zero attached hydrogens (tertiary/aromatic N) is 2. The maximum Gasteiger partial charge on any atom is 0.255 e. The number of carbonyl (C=O) groups excluding carboxylic acids is 3. The first-order chi connectivity index (χ1) is 14.6. The van der Waals surface area contributed by atoms with E-state index in [1.165, 1.54) is 0 Å². The zero-order valence-electron chi connectivity index (χ0n) is 16.5. The molecule has 8 heteroatoms. The standard InChI is InChI=1S/C22H23N5O3/c28-19-7-6-17(20(29)26-19)27-11-15-5-4-14(9-16(15)21(27)30)10-25-22(12-23-13-22)18-3-1-2-8-24-18/h1-5,8-9,17,23,25H,6-7,10-13H2,(H,26,28,29). The summed E-state index contributed by atoms with van der Waals surface area (Å²) < 4.78 is 0. The number of aromatic nitrogens is 1. The van der Waals surface area contributed by atoms with Gasteiger partial charge in [0.1, 0.15) is 6.04 Å². The molecular formula is C22H23N5O3. The number of pyridine rings is 1. The molecule has 0 bridgehead atoms. The molecule has 3 amide bonds. The van der Waals surface area contributed by atoms with Crippen molar-refractivity contribution in [2.24, 2.45) is 0 Å². The van der Waals surface area contributed by atoms with Crippen LogP contribution in [0.3, 0.4) is 0 Å². The van der Waals surface area contributed by atoms with Gasteiger partial charge in [-0.2, -0.15) is 0 Å². The van der Waals surface area contributed by atoms with E-state index in [1.807, 2.05) is 36.4 Å². The second kappa shape index (κ2) is 7.30. The van der Waals surface area contributed by atoms with Crippen LogP contribution in [-0.4, -0.2) is 46.7 Å². The van der Waals surface area contributed by atoms with Gasteiger partial charge in [-0.05, 0) is 35.7 Å². The summed E-state index contributed by atoms with van der Waals surface area (Å²) in [5.41, 5.74) is 3.36. The van der Waals surface area contributed by atoms with Gasteiger partial charge in [0, 0.05) is 44.4 Å². The molecule has 1 unspecified atom stereocenters. The molecule has 5 rings (SSSR count). The van der Waals surface area contributed by atoms with E-state index in [4.69, 9.17) is 0 Å². The lowest BCUT2D eigenvalue weighted by molar-refractivity contribution is -0.136. The molecule has 2 aromatic rings. The average Bonchev–Trinajstić information content (AvgIpc) is 3.04. The van der Waals surface area contributed by atoms with E-state index >= 15 is 0 Å². The predicted molar refractivity (Wildman–Crippen MR) is 108 cm³/mol. The number of imide groups is 1. The molecular weight excluding hydrogens is 382 g/mol. The van der Waals surface area contributed by atoms with Gasteiger partial charge in [0.2, 0.25) is 11.8 Å². The van der Waals surface area contributed by atoms with Crippen LogP contribution in [0, 0.1) is 0 Å². The Morgan fingerprint density at radius 1 is 1.17 bits per heavy atom. The van der Waals surface area contributed by atoms with Gasteiger partial charge in [-0.3, -0.25) is 30.0 Å². The van der Waals surface area contributed by atoms with Crippen molar-refractivity contribution in [2.75, 3.05) is 13.1 Å². The lowest BCUT2D eigenvalue weighted by atomic mass is 9.87. The van der Waals surface area contributed by atoms with Gasteiger partial charge < -0.3 is 10.2 Å². The predicted octanol–water partition coefficient (Wildman–Crippen LogP) is 0.431. The summed E-state index contributed by atoms with van der Waals surface area (Å²) in [5, 5.41) is 9.25. The molecule has 1 atom stereocenters. The number of fused-ring (bicyclic) bond motifs is 1. The zero-order valence-corrected chi connectivity index (χ0v) is 16.5. The lowest BCUT2D eigenvalue weighted by Gasteiger charge is -2.43. The van der Waals surface area contributed by atoms with Crippen LogP contribution in [0.25, 0.3) is 0 Å². The number of hydrogen-bond donors (Lipinski definition) is 3. The molecule has 1 aromatic heterocycles. The van der Waals surface area contributed by atoms with Gasteiger partial charge in [0.25, 0.3) is 5.91 Å².